The van der Waals surface area contributed by atoms with Crippen LogP contribution in [0.25, 0.3) is 0 Å². The molecule has 0 aromatic heterocycles. The first-order valence-corrected chi connectivity index (χ1v) is 4.46. The molecule has 0 heterocycles. The Bertz CT molecular complexity index is 330. The van der Waals surface area contributed by atoms with Crippen LogP contribution < -0.4 is 5.73 Å². The Balaban J connectivity index is 3.21. The van der Waals surface area contributed by atoms with Crippen LogP contribution in [-0.4, -0.2) is 21.9 Å². The highest BCUT2D eigenvalue weighted by Gasteiger charge is 2.14. The Morgan fingerprint density at radius 1 is 1.36 bits per heavy atom. The first kappa shape index (κ1) is 11.3. The number of aliphatic hydroxyl groups is 2. The number of nitrogens with two attached hydrogens (primary N) is 1. The van der Waals surface area contributed by atoms with Crippen LogP contribution in [0, 0.1) is 0 Å². The molecule has 14 heavy (non-hydrogen) atoms. The van der Waals surface area contributed by atoms with Crippen molar-refractivity contribution in [3.05, 3.63) is 28.3 Å². The van der Waals surface area contributed by atoms with Gasteiger partial charge in [0.15, 0.2) is 0 Å². The SMILES string of the molecule is N[C@@H](CO)c1cc(Cl)cc(CO)c1O. The maximum atomic E-state index is 9.61. The second kappa shape index (κ2) is 4.61. The predicted octanol–water partition coefficient (Wildman–Crippen LogP) is 0.530. The summed E-state index contributed by atoms with van der Waals surface area (Å²) in [5, 5.41) is 27.7. The normalized spacial score (nSPS) is 12.9. The van der Waals surface area contributed by atoms with Gasteiger partial charge in [0.05, 0.1) is 19.3 Å². The van der Waals surface area contributed by atoms with Gasteiger partial charge in [0.2, 0.25) is 0 Å². The van der Waals surface area contributed by atoms with E-state index in [1.54, 1.807) is 0 Å². The van der Waals surface area contributed by atoms with Crippen molar-refractivity contribution in [2.24, 2.45) is 5.73 Å². The van der Waals surface area contributed by atoms with Crippen molar-refractivity contribution in [3.63, 3.8) is 0 Å². The first-order valence-electron chi connectivity index (χ1n) is 4.08. The Kier molecular flexibility index (Phi) is 3.71. The first-order chi connectivity index (χ1) is 6.60. The van der Waals surface area contributed by atoms with Crippen molar-refractivity contribution in [1.82, 2.24) is 0 Å². The third kappa shape index (κ3) is 2.16. The van der Waals surface area contributed by atoms with Crippen LogP contribution in [0.2, 0.25) is 5.02 Å². The lowest BCUT2D eigenvalue weighted by Crippen LogP contribution is -2.15. The van der Waals surface area contributed by atoms with Crippen LogP contribution in [0.1, 0.15) is 17.2 Å². The standard InChI is InChI=1S/C9H12ClNO3/c10-6-1-5(3-12)9(14)7(2-6)8(11)4-13/h1-2,8,12-14H,3-4,11H2/t8-/m0/s1. The summed E-state index contributed by atoms with van der Waals surface area (Å²) in [6.45, 7) is -0.615. The molecule has 1 atom stereocenters. The maximum absolute atomic E-state index is 9.61. The highest BCUT2D eigenvalue weighted by Crippen LogP contribution is 2.30. The fourth-order valence-electron chi connectivity index (χ4n) is 1.18. The van der Waals surface area contributed by atoms with E-state index in [0.29, 0.717) is 16.1 Å². The molecule has 4 nitrogen and oxygen atoms in total. The van der Waals surface area contributed by atoms with Crippen molar-refractivity contribution in [2.75, 3.05) is 6.61 Å². The van der Waals surface area contributed by atoms with Crippen LogP contribution in [-0.2, 0) is 6.61 Å². The van der Waals surface area contributed by atoms with Crippen molar-refractivity contribution >= 4 is 11.6 Å². The van der Waals surface area contributed by atoms with Crippen molar-refractivity contribution in [3.8, 4) is 5.75 Å². The van der Waals surface area contributed by atoms with E-state index in [0.717, 1.165) is 0 Å². The van der Waals surface area contributed by atoms with E-state index in [9.17, 15) is 5.11 Å². The Morgan fingerprint density at radius 2 is 2.00 bits per heavy atom. The number of aromatic hydroxyl groups is 1. The average molecular weight is 218 g/mol. The Labute approximate surface area is 86.6 Å². The molecular weight excluding hydrogens is 206 g/mol. The topological polar surface area (TPSA) is 86.7 Å². The van der Waals surface area contributed by atoms with Gasteiger partial charge in [0.25, 0.3) is 0 Å². The zero-order valence-electron chi connectivity index (χ0n) is 7.44. The molecule has 0 saturated carbocycles. The fourth-order valence-corrected chi connectivity index (χ4v) is 1.43. The number of phenols is 1. The Morgan fingerprint density at radius 3 is 2.50 bits per heavy atom. The summed E-state index contributed by atoms with van der Waals surface area (Å²) < 4.78 is 0. The summed E-state index contributed by atoms with van der Waals surface area (Å²) in [5.41, 5.74) is 6.18. The third-order valence-corrected chi connectivity index (χ3v) is 2.17. The van der Waals surface area contributed by atoms with Gasteiger partial charge in [-0.2, -0.15) is 0 Å². The maximum Gasteiger partial charge on any atom is 0.126 e. The zero-order valence-corrected chi connectivity index (χ0v) is 8.20. The summed E-state index contributed by atoms with van der Waals surface area (Å²) in [6.07, 6.45) is 0. The molecule has 5 N–H and O–H groups in total. The second-order valence-electron chi connectivity index (χ2n) is 2.95. The smallest absolute Gasteiger partial charge is 0.126 e. The molecule has 0 amide bonds. The molecule has 0 saturated heterocycles. The molecule has 0 unspecified atom stereocenters. The molecule has 78 valence electrons. The number of benzene rings is 1. The summed E-state index contributed by atoms with van der Waals surface area (Å²) in [6, 6.07) is 2.22. The van der Waals surface area contributed by atoms with Gasteiger partial charge in [-0.25, -0.2) is 0 Å². The lowest BCUT2D eigenvalue weighted by Gasteiger charge is -2.13. The summed E-state index contributed by atoms with van der Waals surface area (Å²) in [7, 11) is 0. The van der Waals surface area contributed by atoms with E-state index in [1.807, 2.05) is 0 Å². The molecule has 0 fully saturated rings. The fraction of sp³-hybridized carbons (Fsp3) is 0.333. The summed E-state index contributed by atoms with van der Waals surface area (Å²) in [4.78, 5) is 0. The Hall–Kier alpha value is -0.810. The minimum Gasteiger partial charge on any atom is -0.507 e. The number of rotatable bonds is 3. The van der Waals surface area contributed by atoms with Gasteiger partial charge in [-0.3, -0.25) is 0 Å². The summed E-state index contributed by atoms with van der Waals surface area (Å²) in [5.74, 6) is -0.113. The van der Waals surface area contributed by atoms with Crippen LogP contribution in [0.3, 0.4) is 0 Å². The van der Waals surface area contributed by atoms with Crippen LogP contribution in [0.4, 0.5) is 0 Å². The van der Waals surface area contributed by atoms with Crippen molar-refractivity contribution in [2.45, 2.75) is 12.6 Å². The molecule has 0 aliphatic rings. The minimum atomic E-state index is -0.695. The zero-order chi connectivity index (χ0) is 10.7. The van der Waals surface area contributed by atoms with E-state index < -0.39 is 6.04 Å². The lowest BCUT2D eigenvalue weighted by molar-refractivity contribution is 0.260. The van der Waals surface area contributed by atoms with E-state index >= 15 is 0 Å². The third-order valence-electron chi connectivity index (χ3n) is 1.95. The van der Waals surface area contributed by atoms with Gasteiger partial charge in [-0.1, -0.05) is 11.6 Å². The van der Waals surface area contributed by atoms with Gasteiger partial charge in [0.1, 0.15) is 5.75 Å². The second-order valence-corrected chi connectivity index (χ2v) is 3.39. The number of aliphatic hydroxyl groups excluding tert-OH is 2. The van der Waals surface area contributed by atoms with Crippen molar-refractivity contribution < 1.29 is 15.3 Å². The average Bonchev–Trinajstić information content (AvgIpc) is 2.19. The molecule has 0 spiro atoms. The number of halogens is 1. The quantitative estimate of drug-likeness (QED) is 0.595. The van der Waals surface area contributed by atoms with Gasteiger partial charge >= 0.3 is 0 Å². The largest absolute Gasteiger partial charge is 0.507 e. The molecule has 0 aliphatic heterocycles. The van der Waals surface area contributed by atoms with E-state index in [2.05, 4.69) is 0 Å². The van der Waals surface area contributed by atoms with Gasteiger partial charge in [-0.05, 0) is 12.1 Å². The minimum absolute atomic E-state index is 0.113. The van der Waals surface area contributed by atoms with Gasteiger partial charge in [-0.15, -0.1) is 0 Å². The number of hydrogen-bond acceptors (Lipinski definition) is 4. The van der Waals surface area contributed by atoms with Crippen LogP contribution >= 0.6 is 11.6 Å². The van der Waals surface area contributed by atoms with Crippen molar-refractivity contribution in [1.29, 1.82) is 0 Å². The predicted molar refractivity (Wildman–Crippen MR) is 53.1 cm³/mol. The molecule has 1 aromatic rings. The van der Waals surface area contributed by atoms with E-state index in [-0.39, 0.29) is 19.0 Å². The molecule has 0 bridgehead atoms. The molecule has 1 rings (SSSR count). The van der Waals surface area contributed by atoms with E-state index in [4.69, 9.17) is 27.5 Å². The van der Waals surface area contributed by atoms with Crippen LogP contribution in [0.15, 0.2) is 12.1 Å². The van der Waals surface area contributed by atoms with Crippen LogP contribution in [0.5, 0.6) is 5.75 Å². The molecule has 0 aliphatic carbocycles. The number of hydrogen-bond donors (Lipinski definition) is 4. The highest BCUT2D eigenvalue weighted by molar-refractivity contribution is 6.30. The van der Waals surface area contributed by atoms with E-state index in [1.165, 1.54) is 12.1 Å². The molecule has 0 radical (unpaired) electrons. The summed E-state index contributed by atoms with van der Waals surface area (Å²) >= 11 is 5.74. The van der Waals surface area contributed by atoms with Gasteiger partial charge in [0, 0.05) is 16.1 Å². The monoisotopic (exact) mass is 217 g/mol. The molecular formula is C9H12ClNO3. The highest BCUT2D eigenvalue weighted by atomic mass is 35.5. The molecule has 5 heteroatoms. The molecule has 1 aromatic carbocycles. The van der Waals surface area contributed by atoms with Gasteiger partial charge < -0.3 is 21.1 Å². The lowest BCUT2D eigenvalue weighted by atomic mass is 10.0.